The predicted molar refractivity (Wildman–Crippen MR) is 61.3 cm³/mol. The highest BCUT2D eigenvalue weighted by atomic mass is 16.2. The van der Waals surface area contributed by atoms with Gasteiger partial charge in [0, 0.05) is 27.2 Å². The molecule has 1 N–H and O–H groups in total. The minimum absolute atomic E-state index is 0.113. The van der Waals surface area contributed by atoms with Crippen LogP contribution in [0.4, 0.5) is 0 Å². The van der Waals surface area contributed by atoms with Gasteiger partial charge in [0.25, 0.3) is 0 Å². The van der Waals surface area contributed by atoms with E-state index in [0.717, 1.165) is 25.9 Å². The summed E-state index contributed by atoms with van der Waals surface area (Å²) in [6.07, 6.45) is 4.83. The SMILES string of the molecule is CC(NN(C)C)C(=O)N1CCCCCC1. The Labute approximate surface area is 92.6 Å². The zero-order valence-electron chi connectivity index (χ0n) is 10.1. The van der Waals surface area contributed by atoms with Crippen LogP contribution in [0.15, 0.2) is 0 Å². The minimum atomic E-state index is -0.113. The van der Waals surface area contributed by atoms with Crippen molar-refractivity contribution in [1.82, 2.24) is 15.3 Å². The van der Waals surface area contributed by atoms with Crippen LogP contribution < -0.4 is 5.43 Å². The molecule has 0 aromatic carbocycles. The van der Waals surface area contributed by atoms with Crippen LogP contribution in [0.1, 0.15) is 32.6 Å². The average Bonchev–Trinajstić information content (AvgIpc) is 2.43. The second-order valence-corrected chi connectivity index (χ2v) is 4.48. The molecule has 0 aromatic rings. The first-order valence-electron chi connectivity index (χ1n) is 5.83. The molecule has 15 heavy (non-hydrogen) atoms. The molecular formula is C11H23N3O. The molecule has 1 heterocycles. The van der Waals surface area contributed by atoms with Gasteiger partial charge in [0.2, 0.25) is 5.91 Å². The predicted octanol–water partition coefficient (Wildman–Crippen LogP) is 0.844. The summed E-state index contributed by atoms with van der Waals surface area (Å²) < 4.78 is 0. The van der Waals surface area contributed by atoms with Gasteiger partial charge in [-0.3, -0.25) is 4.79 Å². The molecule has 4 heteroatoms. The number of hydrazine groups is 1. The third-order valence-corrected chi connectivity index (χ3v) is 2.74. The Morgan fingerprint density at radius 3 is 2.20 bits per heavy atom. The van der Waals surface area contributed by atoms with E-state index in [1.807, 2.05) is 30.9 Å². The summed E-state index contributed by atoms with van der Waals surface area (Å²) in [4.78, 5) is 14.0. The van der Waals surface area contributed by atoms with E-state index in [-0.39, 0.29) is 11.9 Å². The maximum absolute atomic E-state index is 12.0. The number of carbonyl (C=O) groups excluding carboxylic acids is 1. The van der Waals surface area contributed by atoms with Crippen molar-refractivity contribution in [3.63, 3.8) is 0 Å². The molecular weight excluding hydrogens is 190 g/mol. The molecule has 1 amide bonds. The highest BCUT2D eigenvalue weighted by molar-refractivity contribution is 5.81. The number of hydrogen-bond acceptors (Lipinski definition) is 3. The second-order valence-electron chi connectivity index (χ2n) is 4.48. The number of nitrogens with one attached hydrogen (secondary N) is 1. The number of hydrogen-bond donors (Lipinski definition) is 1. The highest BCUT2D eigenvalue weighted by Crippen LogP contribution is 2.10. The molecule has 88 valence electrons. The van der Waals surface area contributed by atoms with Gasteiger partial charge in [-0.1, -0.05) is 12.8 Å². The van der Waals surface area contributed by atoms with Crippen molar-refractivity contribution in [3.8, 4) is 0 Å². The molecule has 1 aliphatic rings. The Hall–Kier alpha value is -0.610. The van der Waals surface area contributed by atoms with Crippen molar-refractivity contribution in [2.75, 3.05) is 27.2 Å². The van der Waals surface area contributed by atoms with Crippen LogP contribution in [0.2, 0.25) is 0 Å². The average molecular weight is 213 g/mol. The van der Waals surface area contributed by atoms with E-state index in [1.54, 1.807) is 0 Å². The lowest BCUT2D eigenvalue weighted by atomic mass is 10.2. The maximum Gasteiger partial charge on any atom is 0.240 e. The monoisotopic (exact) mass is 213 g/mol. The van der Waals surface area contributed by atoms with E-state index in [9.17, 15) is 4.79 Å². The van der Waals surface area contributed by atoms with E-state index in [0.29, 0.717) is 0 Å². The van der Waals surface area contributed by atoms with Gasteiger partial charge in [0.1, 0.15) is 0 Å². The molecule has 1 fully saturated rings. The highest BCUT2D eigenvalue weighted by Gasteiger charge is 2.21. The summed E-state index contributed by atoms with van der Waals surface area (Å²) in [6, 6.07) is -0.113. The molecule has 1 atom stereocenters. The van der Waals surface area contributed by atoms with Crippen molar-refractivity contribution < 1.29 is 4.79 Å². The van der Waals surface area contributed by atoms with E-state index in [4.69, 9.17) is 0 Å². The molecule has 1 saturated heterocycles. The largest absolute Gasteiger partial charge is 0.341 e. The van der Waals surface area contributed by atoms with E-state index < -0.39 is 0 Å². The summed E-state index contributed by atoms with van der Waals surface area (Å²) in [5.74, 6) is 0.227. The van der Waals surface area contributed by atoms with Crippen LogP contribution in [0, 0.1) is 0 Å². The zero-order chi connectivity index (χ0) is 11.3. The van der Waals surface area contributed by atoms with Crippen LogP contribution in [-0.4, -0.2) is 49.0 Å². The van der Waals surface area contributed by atoms with E-state index in [2.05, 4.69) is 5.43 Å². The molecule has 4 nitrogen and oxygen atoms in total. The van der Waals surface area contributed by atoms with Gasteiger partial charge in [-0.05, 0) is 19.8 Å². The lowest BCUT2D eigenvalue weighted by Crippen LogP contribution is -2.49. The first-order chi connectivity index (χ1) is 7.11. The molecule has 1 unspecified atom stereocenters. The number of carbonyl (C=O) groups is 1. The maximum atomic E-state index is 12.0. The number of amides is 1. The molecule has 0 aromatic heterocycles. The molecule has 0 radical (unpaired) electrons. The van der Waals surface area contributed by atoms with Gasteiger partial charge in [-0.15, -0.1) is 0 Å². The van der Waals surface area contributed by atoms with Gasteiger partial charge >= 0.3 is 0 Å². The van der Waals surface area contributed by atoms with Crippen LogP contribution in [0.3, 0.4) is 0 Å². The Morgan fingerprint density at radius 2 is 1.73 bits per heavy atom. The topological polar surface area (TPSA) is 35.6 Å². The van der Waals surface area contributed by atoms with Crippen LogP contribution in [0.5, 0.6) is 0 Å². The lowest BCUT2D eigenvalue weighted by Gasteiger charge is -2.26. The summed E-state index contributed by atoms with van der Waals surface area (Å²) >= 11 is 0. The Kier molecular flexibility index (Phi) is 5.05. The fraction of sp³-hybridized carbons (Fsp3) is 0.909. The first-order valence-corrected chi connectivity index (χ1v) is 5.83. The van der Waals surface area contributed by atoms with Gasteiger partial charge < -0.3 is 4.90 Å². The standard InChI is InChI=1S/C11H23N3O/c1-10(12-13(2)3)11(15)14-8-6-4-5-7-9-14/h10,12H,4-9H2,1-3H3. The van der Waals surface area contributed by atoms with Crippen LogP contribution in [-0.2, 0) is 4.79 Å². The molecule has 0 aliphatic carbocycles. The summed E-state index contributed by atoms with van der Waals surface area (Å²) in [5.41, 5.74) is 3.10. The van der Waals surface area contributed by atoms with Crippen LogP contribution in [0.25, 0.3) is 0 Å². The summed E-state index contributed by atoms with van der Waals surface area (Å²) in [5, 5.41) is 1.83. The quantitative estimate of drug-likeness (QED) is 0.706. The first kappa shape index (κ1) is 12.5. The molecule has 1 rings (SSSR count). The third kappa shape index (κ3) is 4.18. The Bertz CT molecular complexity index is 198. The molecule has 0 bridgehead atoms. The second kappa shape index (κ2) is 6.08. The van der Waals surface area contributed by atoms with Gasteiger partial charge in [0.15, 0.2) is 0 Å². The summed E-state index contributed by atoms with van der Waals surface area (Å²) in [6.45, 7) is 3.78. The smallest absolute Gasteiger partial charge is 0.240 e. The molecule has 0 spiro atoms. The number of rotatable bonds is 3. The normalized spacial score (nSPS) is 20.1. The number of nitrogens with zero attached hydrogens (tertiary/aromatic N) is 2. The fourth-order valence-corrected chi connectivity index (χ4v) is 2.01. The summed E-state index contributed by atoms with van der Waals surface area (Å²) in [7, 11) is 3.82. The van der Waals surface area contributed by atoms with Crippen molar-refractivity contribution in [2.45, 2.75) is 38.6 Å². The van der Waals surface area contributed by atoms with E-state index >= 15 is 0 Å². The molecule has 0 saturated carbocycles. The molecule has 1 aliphatic heterocycles. The van der Waals surface area contributed by atoms with Gasteiger partial charge in [-0.25, -0.2) is 10.4 Å². The fourth-order valence-electron chi connectivity index (χ4n) is 2.01. The Morgan fingerprint density at radius 1 is 1.20 bits per heavy atom. The van der Waals surface area contributed by atoms with Crippen molar-refractivity contribution in [3.05, 3.63) is 0 Å². The van der Waals surface area contributed by atoms with Gasteiger partial charge in [0.05, 0.1) is 6.04 Å². The lowest BCUT2D eigenvalue weighted by molar-refractivity contribution is -0.134. The zero-order valence-corrected chi connectivity index (χ0v) is 10.1. The van der Waals surface area contributed by atoms with Crippen molar-refractivity contribution >= 4 is 5.91 Å². The Balaban J connectivity index is 2.42. The van der Waals surface area contributed by atoms with E-state index in [1.165, 1.54) is 12.8 Å². The van der Waals surface area contributed by atoms with Crippen LogP contribution >= 0.6 is 0 Å². The van der Waals surface area contributed by atoms with Gasteiger partial charge in [-0.2, -0.15) is 0 Å². The van der Waals surface area contributed by atoms with Crippen molar-refractivity contribution in [1.29, 1.82) is 0 Å². The third-order valence-electron chi connectivity index (χ3n) is 2.74. The van der Waals surface area contributed by atoms with Crippen molar-refractivity contribution in [2.24, 2.45) is 0 Å². The minimum Gasteiger partial charge on any atom is -0.341 e. The number of likely N-dealkylation sites (tertiary alicyclic amines) is 1.